The number of carbonyl (C=O) groups excluding carboxylic acids is 1. The van der Waals surface area contributed by atoms with Crippen molar-refractivity contribution in [3.63, 3.8) is 0 Å². The highest BCUT2D eigenvalue weighted by Gasteiger charge is 2.15. The Bertz CT molecular complexity index is 1120. The summed E-state index contributed by atoms with van der Waals surface area (Å²) in [6, 6.07) is 12.6. The van der Waals surface area contributed by atoms with Crippen molar-refractivity contribution in [3.05, 3.63) is 69.0 Å². The third-order valence-corrected chi connectivity index (χ3v) is 5.45. The van der Waals surface area contributed by atoms with Crippen LogP contribution in [0.4, 0.5) is 0 Å². The van der Waals surface area contributed by atoms with E-state index in [-0.39, 0.29) is 12.3 Å². The van der Waals surface area contributed by atoms with Gasteiger partial charge in [0.15, 0.2) is 0 Å². The van der Waals surface area contributed by atoms with Gasteiger partial charge in [0.05, 0.1) is 13.7 Å². The number of fused-ring (bicyclic) bond motifs is 1. The summed E-state index contributed by atoms with van der Waals surface area (Å²) < 4.78 is 16.3. The van der Waals surface area contributed by atoms with Gasteiger partial charge in [-0.1, -0.05) is 17.7 Å². The maximum absolute atomic E-state index is 12.5. The monoisotopic (exact) mass is 443 g/mol. The van der Waals surface area contributed by atoms with Gasteiger partial charge in [-0.15, -0.1) is 0 Å². The van der Waals surface area contributed by atoms with Gasteiger partial charge in [0.2, 0.25) is 5.91 Å². The summed E-state index contributed by atoms with van der Waals surface area (Å²) >= 11 is 5.94. The third-order valence-electron chi connectivity index (χ3n) is 5.21. The molecule has 0 aliphatic heterocycles. The summed E-state index contributed by atoms with van der Waals surface area (Å²) in [5.41, 5.74) is 1.43. The first-order valence-corrected chi connectivity index (χ1v) is 10.5. The quantitative estimate of drug-likeness (QED) is 0.356. The van der Waals surface area contributed by atoms with E-state index in [4.69, 9.17) is 25.5 Å². The van der Waals surface area contributed by atoms with Crippen LogP contribution in [0.2, 0.25) is 5.02 Å². The van der Waals surface area contributed by atoms with E-state index >= 15 is 0 Å². The van der Waals surface area contributed by atoms with E-state index < -0.39 is 5.63 Å². The van der Waals surface area contributed by atoms with Gasteiger partial charge in [0.1, 0.15) is 17.1 Å². The van der Waals surface area contributed by atoms with Crippen LogP contribution in [0.3, 0.4) is 0 Å². The molecule has 1 amide bonds. The Hall–Kier alpha value is -2.99. The molecule has 6 nitrogen and oxygen atoms in total. The normalized spacial score (nSPS) is 10.8. The molecule has 2 aromatic carbocycles. The van der Waals surface area contributed by atoms with Gasteiger partial charge in [-0.3, -0.25) is 4.79 Å². The van der Waals surface area contributed by atoms with Gasteiger partial charge in [-0.25, -0.2) is 4.79 Å². The minimum Gasteiger partial charge on any atom is -0.497 e. The van der Waals surface area contributed by atoms with Crippen LogP contribution < -0.4 is 15.1 Å². The zero-order chi connectivity index (χ0) is 22.4. The lowest BCUT2D eigenvalue weighted by molar-refractivity contribution is -0.129. The van der Waals surface area contributed by atoms with Crippen LogP contribution in [0.5, 0.6) is 11.5 Å². The van der Waals surface area contributed by atoms with Crippen molar-refractivity contribution in [2.45, 2.75) is 26.2 Å². The number of rotatable bonds is 9. The number of hydrogen-bond donors (Lipinski definition) is 0. The van der Waals surface area contributed by atoms with Crippen LogP contribution in [0.15, 0.2) is 51.7 Å². The number of aryl methyl sites for hydroxylation is 1. The summed E-state index contributed by atoms with van der Waals surface area (Å²) in [5.74, 6) is 1.30. The Balaban J connectivity index is 1.53. The Morgan fingerprint density at radius 2 is 1.97 bits per heavy atom. The molecule has 0 spiro atoms. The number of amides is 1. The van der Waals surface area contributed by atoms with Crippen LogP contribution in [0.1, 0.15) is 24.0 Å². The SMILES string of the molecule is COc1ccc2c(C)c(CCC(=O)N(C)CCCOc3cccc(Cl)c3)c(=O)oc2c1. The Morgan fingerprint density at radius 1 is 1.16 bits per heavy atom. The molecule has 0 radical (unpaired) electrons. The second kappa shape index (κ2) is 10.4. The van der Waals surface area contributed by atoms with Crippen LogP contribution in [-0.2, 0) is 11.2 Å². The molecular weight excluding hydrogens is 418 g/mol. The van der Waals surface area contributed by atoms with E-state index in [0.717, 1.165) is 10.9 Å². The summed E-state index contributed by atoms with van der Waals surface area (Å²) in [4.78, 5) is 26.6. The second-order valence-corrected chi connectivity index (χ2v) is 7.77. The molecule has 0 unspecified atom stereocenters. The standard InChI is InChI=1S/C24H26ClNO5/c1-16-20-9-8-18(29-3)15-22(20)31-24(28)21(16)10-11-23(27)26(2)12-5-13-30-19-7-4-6-17(25)14-19/h4,6-9,14-15H,5,10-13H2,1-3H3. The fraction of sp³-hybridized carbons (Fsp3) is 0.333. The Kier molecular flexibility index (Phi) is 7.58. The predicted octanol–water partition coefficient (Wildman–Crippen LogP) is 4.62. The number of nitrogens with zero attached hydrogens (tertiary/aromatic N) is 1. The van der Waals surface area contributed by atoms with Crippen LogP contribution in [0, 0.1) is 6.92 Å². The minimum absolute atomic E-state index is 0.0311. The highest BCUT2D eigenvalue weighted by molar-refractivity contribution is 6.30. The van der Waals surface area contributed by atoms with E-state index in [0.29, 0.717) is 53.7 Å². The highest BCUT2D eigenvalue weighted by Crippen LogP contribution is 2.24. The zero-order valence-corrected chi connectivity index (χ0v) is 18.7. The largest absolute Gasteiger partial charge is 0.497 e. The van der Waals surface area contributed by atoms with Crippen LogP contribution >= 0.6 is 11.6 Å². The van der Waals surface area contributed by atoms with E-state index in [1.165, 1.54) is 0 Å². The van der Waals surface area contributed by atoms with E-state index in [1.54, 1.807) is 37.3 Å². The molecule has 1 aromatic heterocycles. The fourth-order valence-electron chi connectivity index (χ4n) is 3.39. The maximum Gasteiger partial charge on any atom is 0.339 e. The average Bonchev–Trinajstić information content (AvgIpc) is 2.75. The molecule has 3 aromatic rings. The average molecular weight is 444 g/mol. The number of halogens is 1. The molecule has 7 heteroatoms. The van der Waals surface area contributed by atoms with Gasteiger partial charge in [0, 0.05) is 42.1 Å². The van der Waals surface area contributed by atoms with Crippen molar-refractivity contribution >= 4 is 28.5 Å². The van der Waals surface area contributed by atoms with Gasteiger partial charge < -0.3 is 18.8 Å². The smallest absolute Gasteiger partial charge is 0.339 e. The first-order chi connectivity index (χ1) is 14.9. The Labute approximate surface area is 186 Å². The summed E-state index contributed by atoms with van der Waals surface area (Å²) in [7, 11) is 3.32. The predicted molar refractivity (Wildman–Crippen MR) is 121 cm³/mol. The number of carbonyl (C=O) groups is 1. The van der Waals surface area contributed by atoms with Gasteiger partial charge in [0.25, 0.3) is 0 Å². The van der Waals surface area contributed by atoms with E-state index in [1.807, 2.05) is 31.2 Å². The summed E-state index contributed by atoms with van der Waals surface area (Å²) in [6.45, 7) is 2.92. The zero-order valence-electron chi connectivity index (χ0n) is 17.9. The second-order valence-electron chi connectivity index (χ2n) is 7.33. The van der Waals surface area contributed by atoms with Crippen molar-refractivity contribution in [1.82, 2.24) is 4.90 Å². The maximum atomic E-state index is 12.5. The first kappa shape index (κ1) is 22.7. The molecule has 31 heavy (non-hydrogen) atoms. The molecule has 0 aliphatic rings. The van der Waals surface area contributed by atoms with Crippen molar-refractivity contribution < 1.29 is 18.7 Å². The van der Waals surface area contributed by atoms with Crippen LogP contribution in [-0.4, -0.2) is 38.1 Å². The number of hydrogen-bond acceptors (Lipinski definition) is 5. The van der Waals surface area contributed by atoms with Crippen molar-refractivity contribution in [1.29, 1.82) is 0 Å². The van der Waals surface area contributed by atoms with Crippen molar-refractivity contribution in [2.24, 2.45) is 0 Å². The topological polar surface area (TPSA) is 69.0 Å². The van der Waals surface area contributed by atoms with Gasteiger partial charge in [-0.05, 0) is 55.7 Å². The number of benzene rings is 2. The highest BCUT2D eigenvalue weighted by atomic mass is 35.5. The molecular formula is C24H26ClNO5. The van der Waals surface area contributed by atoms with E-state index in [9.17, 15) is 9.59 Å². The lowest BCUT2D eigenvalue weighted by atomic mass is 10.0. The number of methoxy groups -OCH3 is 1. The lowest BCUT2D eigenvalue weighted by Crippen LogP contribution is -2.29. The first-order valence-electron chi connectivity index (χ1n) is 10.1. The molecule has 0 atom stereocenters. The minimum atomic E-state index is -0.413. The molecule has 1 heterocycles. The molecule has 3 rings (SSSR count). The lowest BCUT2D eigenvalue weighted by Gasteiger charge is -2.17. The fourth-order valence-corrected chi connectivity index (χ4v) is 3.57. The van der Waals surface area contributed by atoms with Crippen molar-refractivity contribution in [3.8, 4) is 11.5 Å². The Morgan fingerprint density at radius 3 is 2.71 bits per heavy atom. The van der Waals surface area contributed by atoms with E-state index in [2.05, 4.69) is 0 Å². The molecule has 0 saturated heterocycles. The number of ether oxygens (including phenoxy) is 2. The summed E-state index contributed by atoms with van der Waals surface area (Å²) in [5, 5.41) is 1.46. The molecule has 0 fully saturated rings. The molecule has 0 bridgehead atoms. The molecule has 0 N–H and O–H groups in total. The molecule has 164 valence electrons. The third kappa shape index (κ3) is 5.79. The van der Waals surface area contributed by atoms with Gasteiger partial charge >= 0.3 is 5.63 Å². The van der Waals surface area contributed by atoms with Crippen molar-refractivity contribution in [2.75, 3.05) is 27.3 Å². The van der Waals surface area contributed by atoms with Gasteiger partial charge in [-0.2, -0.15) is 0 Å². The van der Waals surface area contributed by atoms with Crippen LogP contribution in [0.25, 0.3) is 11.0 Å². The molecule has 0 aliphatic carbocycles. The molecule has 0 saturated carbocycles. The summed E-state index contributed by atoms with van der Waals surface area (Å²) in [6.07, 6.45) is 1.25.